The monoisotopic (exact) mass is 258 g/mol. The van der Waals surface area contributed by atoms with Crippen LogP contribution in [0.4, 0.5) is 0 Å². The molecule has 0 unspecified atom stereocenters. The summed E-state index contributed by atoms with van der Waals surface area (Å²) in [7, 11) is 0. The van der Waals surface area contributed by atoms with E-state index in [0.29, 0.717) is 0 Å². The van der Waals surface area contributed by atoms with Gasteiger partial charge in [-0.3, -0.25) is 0 Å². The van der Waals surface area contributed by atoms with Crippen molar-refractivity contribution in [1.29, 1.82) is 0 Å². The van der Waals surface area contributed by atoms with E-state index in [2.05, 4.69) is 36.3 Å². The van der Waals surface area contributed by atoms with Crippen LogP contribution in [0.2, 0.25) is 0 Å². The molecular weight excluding hydrogens is 236 g/mol. The highest BCUT2D eigenvalue weighted by Gasteiger charge is 2.10. The van der Waals surface area contributed by atoms with E-state index in [9.17, 15) is 0 Å². The number of rotatable bonds is 6. The Labute approximate surface area is 114 Å². The highest BCUT2D eigenvalue weighted by atomic mass is 16.2. The first-order chi connectivity index (χ1) is 9.15. The zero-order valence-corrected chi connectivity index (χ0v) is 11.8. The van der Waals surface area contributed by atoms with Crippen molar-refractivity contribution in [2.45, 2.75) is 39.7 Å². The number of benzene rings is 1. The number of imidazole rings is 1. The van der Waals surface area contributed by atoms with Crippen LogP contribution in [0.5, 0.6) is 0 Å². The second-order valence-electron chi connectivity index (χ2n) is 5.08. The quantitative estimate of drug-likeness (QED) is 0.808. The van der Waals surface area contributed by atoms with E-state index in [0.717, 1.165) is 48.2 Å². The van der Waals surface area contributed by atoms with Crippen molar-refractivity contribution in [3.8, 4) is 0 Å². The molecule has 1 aromatic carbocycles. The predicted molar refractivity (Wildman–Crippen MR) is 79.3 cm³/mol. The van der Waals surface area contributed by atoms with Crippen LogP contribution in [-0.2, 0) is 19.4 Å². The van der Waals surface area contributed by atoms with Crippen molar-refractivity contribution < 1.29 is 5.11 Å². The molecule has 0 amide bonds. The van der Waals surface area contributed by atoms with E-state index in [1.807, 2.05) is 6.92 Å². The summed E-state index contributed by atoms with van der Waals surface area (Å²) < 4.78 is 2.22. The number of aryl methyl sites for hydroxylation is 2. The fraction of sp³-hybridized carbons (Fsp3) is 0.438. The SMILES string of the molecule is C=C(C)Cn1c(CCCO)nc2cc(CC)ccc21. The van der Waals surface area contributed by atoms with E-state index >= 15 is 0 Å². The first-order valence-corrected chi connectivity index (χ1v) is 6.89. The largest absolute Gasteiger partial charge is 0.396 e. The van der Waals surface area contributed by atoms with Crippen LogP contribution in [-0.4, -0.2) is 21.3 Å². The summed E-state index contributed by atoms with van der Waals surface area (Å²) in [5.74, 6) is 1.04. The zero-order valence-electron chi connectivity index (χ0n) is 11.8. The van der Waals surface area contributed by atoms with Gasteiger partial charge in [0.15, 0.2) is 0 Å². The third-order valence-corrected chi connectivity index (χ3v) is 3.29. The van der Waals surface area contributed by atoms with Gasteiger partial charge in [-0.25, -0.2) is 4.98 Å². The lowest BCUT2D eigenvalue weighted by Crippen LogP contribution is -2.05. The summed E-state index contributed by atoms with van der Waals surface area (Å²) in [6, 6.07) is 6.47. The maximum Gasteiger partial charge on any atom is 0.110 e. The molecule has 0 bridgehead atoms. The molecule has 0 aliphatic heterocycles. The summed E-state index contributed by atoms with van der Waals surface area (Å²) in [6.07, 6.45) is 2.58. The number of fused-ring (bicyclic) bond motifs is 1. The van der Waals surface area contributed by atoms with Crippen molar-refractivity contribution in [2.24, 2.45) is 0 Å². The predicted octanol–water partition coefficient (Wildman–Crippen LogP) is 3.10. The van der Waals surface area contributed by atoms with Crippen LogP contribution >= 0.6 is 0 Å². The Hall–Kier alpha value is -1.61. The van der Waals surface area contributed by atoms with Crippen molar-refractivity contribution in [3.63, 3.8) is 0 Å². The Kier molecular flexibility index (Phi) is 4.38. The summed E-state index contributed by atoms with van der Waals surface area (Å²) >= 11 is 0. The normalized spacial score (nSPS) is 11.1. The van der Waals surface area contributed by atoms with Gasteiger partial charge in [0.1, 0.15) is 5.82 Å². The number of hydrogen-bond donors (Lipinski definition) is 1. The van der Waals surface area contributed by atoms with E-state index in [-0.39, 0.29) is 6.61 Å². The van der Waals surface area contributed by atoms with Gasteiger partial charge >= 0.3 is 0 Å². The third-order valence-electron chi connectivity index (χ3n) is 3.29. The Bertz CT molecular complexity index is 584. The maximum atomic E-state index is 9.00. The van der Waals surface area contributed by atoms with E-state index < -0.39 is 0 Å². The molecule has 0 radical (unpaired) electrons. The molecule has 0 atom stereocenters. The van der Waals surface area contributed by atoms with Gasteiger partial charge in [0.05, 0.1) is 11.0 Å². The Balaban J connectivity index is 2.48. The lowest BCUT2D eigenvalue weighted by molar-refractivity contribution is 0.287. The lowest BCUT2D eigenvalue weighted by atomic mass is 10.1. The first-order valence-electron chi connectivity index (χ1n) is 6.89. The van der Waals surface area contributed by atoms with E-state index in [1.165, 1.54) is 5.56 Å². The molecule has 3 nitrogen and oxygen atoms in total. The fourth-order valence-electron chi connectivity index (χ4n) is 2.32. The summed E-state index contributed by atoms with van der Waals surface area (Å²) in [4.78, 5) is 4.72. The van der Waals surface area contributed by atoms with Gasteiger partial charge in [0.2, 0.25) is 0 Å². The number of aromatic nitrogens is 2. The highest BCUT2D eigenvalue weighted by molar-refractivity contribution is 5.77. The van der Waals surface area contributed by atoms with Crippen molar-refractivity contribution in [3.05, 3.63) is 41.7 Å². The molecule has 0 saturated heterocycles. The van der Waals surface area contributed by atoms with Gasteiger partial charge in [-0.2, -0.15) is 0 Å². The van der Waals surface area contributed by atoms with Crippen LogP contribution in [0.3, 0.4) is 0 Å². The molecule has 2 rings (SSSR count). The molecule has 0 fully saturated rings. The van der Waals surface area contributed by atoms with Gasteiger partial charge < -0.3 is 9.67 Å². The molecular formula is C16H22N2O. The number of aliphatic hydroxyl groups is 1. The molecule has 1 aromatic heterocycles. The van der Waals surface area contributed by atoms with Crippen LogP contribution in [0.25, 0.3) is 11.0 Å². The zero-order chi connectivity index (χ0) is 13.8. The van der Waals surface area contributed by atoms with Crippen LogP contribution < -0.4 is 0 Å². The van der Waals surface area contributed by atoms with Gasteiger partial charge in [0.25, 0.3) is 0 Å². The van der Waals surface area contributed by atoms with Crippen molar-refractivity contribution >= 4 is 11.0 Å². The van der Waals surface area contributed by atoms with Gasteiger partial charge in [-0.05, 0) is 37.5 Å². The molecule has 0 spiro atoms. The van der Waals surface area contributed by atoms with Gasteiger partial charge in [-0.1, -0.05) is 25.1 Å². The minimum absolute atomic E-state index is 0.205. The molecule has 3 heteroatoms. The van der Waals surface area contributed by atoms with Crippen LogP contribution in [0, 0.1) is 0 Å². The smallest absolute Gasteiger partial charge is 0.110 e. The molecule has 0 saturated carbocycles. The second-order valence-corrected chi connectivity index (χ2v) is 5.08. The Morgan fingerprint density at radius 3 is 2.84 bits per heavy atom. The lowest BCUT2D eigenvalue weighted by Gasteiger charge is -2.08. The molecule has 0 aliphatic rings. The molecule has 2 aromatic rings. The molecule has 0 aliphatic carbocycles. The third kappa shape index (κ3) is 3.04. The summed E-state index contributed by atoms with van der Waals surface area (Å²) in [5, 5.41) is 9.00. The fourth-order valence-corrected chi connectivity index (χ4v) is 2.32. The Morgan fingerprint density at radius 1 is 1.42 bits per heavy atom. The number of aliphatic hydroxyl groups excluding tert-OH is 1. The average Bonchev–Trinajstić information content (AvgIpc) is 2.73. The van der Waals surface area contributed by atoms with Crippen molar-refractivity contribution in [1.82, 2.24) is 9.55 Å². The van der Waals surface area contributed by atoms with Gasteiger partial charge in [0, 0.05) is 19.6 Å². The standard InChI is InChI=1S/C16H22N2O/c1-4-13-7-8-15-14(10-13)17-16(6-5-9-19)18(15)11-12(2)3/h7-8,10,19H,2,4-6,9,11H2,1,3H3. The molecule has 1 N–H and O–H groups in total. The van der Waals surface area contributed by atoms with Gasteiger partial charge in [-0.15, -0.1) is 0 Å². The molecule has 102 valence electrons. The molecule has 19 heavy (non-hydrogen) atoms. The van der Waals surface area contributed by atoms with Crippen LogP contribution in [0.15, 0.2) is 30.4 Å². The number of hydrogen-bond acceptors (Lipinski definition) is 2. The second kappa shape index (κ2) is 6.02. The van der Waals surface area contributed by atoms with E-state index in [1.54, 1.807) is 0 Å². The maximum absolute atomic E-state index is 9.00. The first kappa shape index (κ1) is 13.8. The number of nitrogens with zero attached hydrogens (tertiary/aromatic N) is 2. The summed E-state index contributed by atoms with van der Waals surface area (Å²) in [5.41, 5.74) is 4.63. The van der Waals surface area contributed by atoms with Crippen LogP contribution in [0.1, 0.15) is 31.7 Å². The topological polar surface area (TPSA) is 38.0 Å². The molecule has 1 heterocycles. The van der Waals surface area contributed by atoms with Crippen molar-refractivity contribution in [2.75, 3.05) is 6.61 Å². The minimum Gasteiger partial charge on any atom is -0.396 e. The summed E-state index contributed by atoms with van der Waals surface area (Å²) in [6.45, 7) is 9.17. The minimum atomic E-state index is 0.205. The number of allylic oxidation sites excluding steroid dienone is 1. The highest BCUT2D eigenvalue weighted by Crippen LogP contribution is 2.20. The Morgan fingerprint density at radius 2 is 2.21 bits per heavy atom. The average molecular weight is 258 g/mol. The van der Waals surface area contributed by atoms with E-state index in [4.69, 9.17) is 10.1 Å².